The van der Waals surface area contributed by atoms with Crippen LogP contribution in [-0.4, -0.2) is 32.7 Å². The summed E-state index contributed by atoms with van der Waals surface area (Å²) in [4.78, 5) is 36.6. The third-order valence-corrected chi connectivity index (χ3v) is 5.22. The minimum atomic E-state index is -0.332. The topological polar surface area (TPSA) is 98.0 Å². The lowest BCUT2D eigenvalue weighted by atomic mass is 10.2. The van der Waals surface area contributed by atoms with Crippen LogP contribution in [0.25, 0.3) is 0 Å². The molecule has 1 aromatic carbocycles. The number of aromatic nitrogens is 3. The molecule has 0 saturated carbocycles. The fraction of sp³-hybridized carbons (Fsp3) is 0.474. The number of amides is 2. The molecule has 1 aliphatic heterocycles. The van der Waals surface area contributed by atoms with Gasteiger partial charge in [-0.25, -0.2) is 9.48 Å². The highest BCUT2D eigenvalue weighted by molar-refractivity contribution is 9.10. The molecule has 150 valence electrons. The van der Waals surface area contributed by atoms with Crippen LogP contribution >= 0.6 is 15.9 Å². The number of nitrogens with zero attached hydrogens (tertiary/aromatic N) is 3. The molecule has 0 saturated heterocycles. The summed E-state index contributed by atoms with van der Waals surface area (Å²) in [5, 5.41) is 9.80. The summed E-state index contributed by atoms with van der Waals surface area (Å²) >= 11 is 3.38. The number of aryl methyl sites for hydroxylation is 2. The van der Waals surface area contributed by atoms with Gasteiger partial charge in [-0.05, 0) is 37.5 Å². The van der Waals surface area contributed by atoms with Crippen LogP contribution in [0.5, 0.6) is 0 Å². The van der Waals surface area contributed by atoms with Gasteiger partial charge < -0.3 is 10.6 Å². The van der Waals surface area contributed by atoms with Crippen LogP contribution in [0.4, 0.5) is 5.69 Å². The van der Waals surface area contributed by atoms with Crippen molar-refractivity contribution in [3.05, 3.63) is 44.5 Å². The number of halogens is 1. The first-order valence-corrected chi connectivity index (χ1v) is 10.2. The minimum absolute atomic E-state index is 0.134. The Morgan fingerprint density at radius 2 is 2.04 bits per heavy atom. The Kier molecular flexibility index (Phi) is 6.66. The Balaban J connectivity index is 1.48. The van der Waals surface area contributed by atoms with Gasteiger partial charge in [0, 0.05) is 36.1 Å². The van der Waals surface area contributed by atoms with Crippen LogP contribution in [0.1, 0.15) is 37.1 Å². The van der Waals surface area contributed by atoms with E-state index in [0.717, 1.165) is 47.2 Å². The molecule has 9 heteroatoms. The Morgan fingerprint density at radius 1 is 1.21 bits per heavy atom. The molecule has 0 bridgehead atoms. The first kappa shape index (κ1) is 20.3. The predicted octanol–water partition coefficient (Wildman–Crippen LogP) is 1.99. The molecule has 1 aliphatic rings. The first-order valence-electron chi connectivity index (χ1n) is 9.43. The molecule has 0 atom stereocenters. The Morgan fingerprint density at radius 3 is 2.86 bits per heavy atom. The van der Waals surface area contributed by atoms with Crippen molar-refractivity contribution in [3.63, 3.8) is 0 Å². The summed E-state index contributed by atoms with van der Waals surface area (Å²) in [5.74, 6) is 0.230. The van der Waals surface area contributed by atoms with Crippen LogP contribution in [0.2, 0.25) is 0 Å². The van der Waals surface area contributed by atoms with Gasteiger partial charge in [0.1, 0.15) is 12.4 Å². The van der Waals surface area contributed by atoms with Gasteiger partial charge in [0.2, 0.25) is 11.8 Å². The average molecular weight is 450 g/mol. The Hall–Kier alpha value is -2.42. The molecule has 2 amide bonds. The molecule has 2 heterocycles. The van der Waals surface area contributed by atoms with E-state index in [1.54, 1.807) is 4.57 Å². The number of rotatable bonds is 6. The smallest absolute Gasteiger partial charge is 0.346 e. The number of benzene rings is 1. The van der Waals surface area contributed by atoms with E-state index in [4.69, 9.17) is 0 Å². The van der Waals surface area contributed by atoms with E-state index >= 15 is 0 Å². The Labute approximate surface area is 171 Å². The van der Waals surface area contributed by atoms with E-state index in [9.17, 15) is 14.4 Å². The monoisotopic (exact) mass is 449 g/mol. The number of hydrogen-bond acceptors (Lipinski definition) is 4. The highest BCUT2D eigenvalue weighted by Crippen LogP contribution is 2.20. The lowest BCUT2D eigenvalue weighted by Gasteiger charge is -2.09. The normalized spacial score (nSPS) is 13.5. The quantitative estimate of drug-likeness (QED) is 0.704. The number of fused-ring (bicyclic) bond motifs is 1. The van der Waals surface area contributed by atoms with Gasteiger partial charge in [-0.1, -0.05) is 28.4 Å². The summed E-state index contributed by atoms with van der Waals surface area (Å²) < 4.78 is 3.75. The lowest BCUT2D eigenvalue weighted by molar-refractivity contribution is -0.122. The fourth-order valence-electron chi connectivity index (χ4n) is 3.18. The molecular weight excluding hydrogens is 426 g/mol. The number of carbonyl (C=O) groups excluding carboxylic acids is 2. The maximum absolute atomic E-state index is 12.4. The molecule has 0 radical (unpaired) electrons. The van der Waals surface area contributed by atoms with Crippen molar-refractivity contribution in [2.75, 3.05) is 11.9 Å². The van der Waals surface area contributed by atoms with Crippen LogP contribution in [-0.2, 0) is 29.1 Å². The van der Waals surface area contributed by atoms with Crippen molar-refractivity contribution in [1.29, 1.82) is 0 Å². The minimum Gasteiger partial charge on any atom is -0.354 e. The van der Waals surface area contributed by atoms with Crippen LogP contribution in [0, 0.1) is 6.92 Å². The zero-order chi connectivity index (χ0) is 20.1. The number of anilines is 1. The van der Waals surface area contributed by atoms with Gasteiger partial charge in [0.05, 0.1) is 0 Å². The fourth-order valence-corrected chi connectivity index (χ4v) is 3.54. The van der Waals surface area contributed by atoms with Gasteiger partial charge in [-0.3, -0.25) is 14.2 Å². The average Bonchev–Trinajstić information content (AvgIpc) is 2.82. The molecule has 3 rings (SSSR count). The van der Waals surface area contributed by atoms with Gasteiger partial charge >= 0.3 is 5.69 Å². The SMILES string of the molecule is Cc1ccc(Br)cc1NC(=O)CCNC(=O)Cn1nc2n(c1=O)CCCCC2. The zero-order valence-electron chi connectivity index (χ0n) is 15.8. The van der Waals surface area contributed by atoms with Crippen molar-refractivity contribution in [1.82, 2.24) is 19.7 Å². The number of hydrogen-bond donors (Lipinski definition) is 2. The van der Waals surface area contributed by atoms with E-state index in [-0.39, 0.29) is 37.0 Å². The second-order valence-corrected chi connectivity index (χ2v) is 7.84. The maximum Gasteiger partial charge on any atom is 0.346 e. The molecule has 0 unspecified atom stereocenters. The standard InChI is InChI=1S/C19H24BrN5O3/c1-13-6-7-14(20)11-15(13)22-17(26)8-9-21-18(27)12-25-19(28)24-10-4-2-3-5-16(24)23-25/h6-7,11H,2-5,8-10,12H2,1H3,(H,21,27)(H,22,26). The third kappa shape index (κ3) is 5.09. The largest absolute Gasteiger partial charge is 0.354 e. The van der Waals surface area contributed by atoms with E-state index in [1.807, 2.05) is 25.1 Å². The summed E-state index contributed by atoms with van der Waals surface area (Å²) in [6.07, 6.45) is 3.96. The summed E-state index contributed by atoms with van der Waals surface area (Å²) in [6, 6.07) is 5.65. The summed E-state index contributed by atoms with van der Waals surface area (Å²) in [7, 11) is 0. The van der Waals surface area contributed by atoms with Gasteiger partial charge in [0.25, 0.3) is 0 Å². The van der Waals surface area contributed by atoms with E-state index in [1.165, 1.54) is 4.68 Å². The highest BCUT2D eigenvalue weighted by Gasteiger charge is 2.17. The second kappa shape index (κ2) is 9.18. The Bertz CT molecular complexity index is 934. The molecule has 2 N–H and O–H groups in total. The van der Waals surface area contributed by atoms with Gasteiger partial charge in [-0.2, -0.15) is 5.10 Å². The predicted molar refractivity (Wildman–Crippen MR) is 109 cm³/mol. The molecule has 2 aromatic rings. The second-order valence-electron chi connectivity index (χ2n) is 6.93. The molecule has 0 aliphatic carbocycles. The maximum atomic E-state index is 12.4. The zero-order valence-corrected chi connectivity index (χ0v) is 17.4. The van der Waals surface area contributed by atoms with Crippen molar-refractivity contribution < 1.29 is 9.59 Å². The molecule has 28 heavy (non-hydrogen) atoms. The van der Waals surface area contributed by atoms with Crippen LogP contribution in [0.15, 0.2) is 27.5 Å². The van der Waals surface area contributed by atoms with Gasteiger partial charge in [0.15, 0.2) is 0 Å². The van der Waals surface area contributed by atoms with Crippen molar-refractivity contribution in [2.45, 2.75) is 52.1 Å². The number of nitrogens with one attached hydrogen (secondary N) is 2. The summed E-state index contributed by atoms with van der Waals surface area (Å²) in [5.41, 5.74) is 1.45. The van der Waals surface area contributed by atoms with Crippen molar-refractivity contribution in [2.24, 2.45) is 0 Å². The molecule has 0 fully saturated rings. The van der Waals surface area contributed by atoms with Gasteiger partial charge in [-0.15, -0.1) is 0 Å². The molecule has 0 spiro atoms. The van der Waals surface area contributed by atoms with Crippen molar-refractivity contribution >= 4 is 33.4 Å². The van der Waals surface area contributed by atoms with Crippen molar-refractivity contribution in [3.8, 4) is 0 Å². The van der Waals surface area contributed by atoms with Crippen LogP contribution in [0.3, 0.4) is 0 Å². The third-order valence-electron chi connectivity index (χ3n) is 4.72. The molecule has 8 nitrogen and oxygen atoms in total. The first-order chi connectivity index (χ1) is 13.4. The van der Waals surface area contributed by atoms with Crippen LogP contribution < -0.4 is 16.3 Å². The molecule has 1 aromatic heterocycles. The highest BCUT2D eigenvalue weighted by atomic mass is 79.9. The number of carbonyl (C=O) groups is 2. The van der Waals surface area contributed by atoms with E-state index < -0.39 is 0 Å². The van der Waals surface area contributed by atoms with E-state index in [2.05, 4.69) is 31.7 Å². The summed E-state index contributed by atoms with van der Waals surface area (Å²) in [6.45, 7) is 2.63. The van der Waals surface area contributed by atoms with E-state index in [0.29, 0.717) is 6.54 Å². The molecular formula is C19H24BrN5O3. The lowest BCUT2D eigenvalue weighted by Crippen LogP contribution is -2.35.